The third-order valence-corrected chi connectivity index (χ3v) is 3.63. The van der Waals surface area contributed by atoms with E-state index in [-0.39, 0.29) is 9.52 Å². The Balaban J connectivity index is 3.34. The zero-order chi connectivity index (χ0) is 10.9. The van der Waals surface area contributed by atoms with Crippen molar-refractivity contribution in [3.8, 4) is 0 Å². The molecule has 0 bridgehead atoms. The maximum atomic E-state index is 11.3. The number of hydrogen-bond donors (Lipinski definition) is 0. The summed E-state index contributed by atoms with van der Waals surface area (Å²) in [6.07, 6.45) is 0. The average Bonchev–Trinajstić information content (AvgIpc) is 2.02. The molecule has 1 nitrogen and oxygen atoms in total. The van der Waals surface area contributed by atoms with Gasteiger partial charge in [0.25, 0.3) is 0 Å². The van der Waals surface area contributed by atoms with E-state index >= 15 is 0 Å². The Morgan fingerprint density at radius 2 is 1.93 bits per heavy atom. The number of carbonyl (C=O) groups excluding carboxylic acids is 1. The van der Waals surface area contributed by atoms with Gasteiger partial charge in [-0.05, 0) is 37.1 Å². The molecule has 0 spiro atoms. The van der Waals surface area contributed by atoms with E-state index in [1.54, 1.807) is 6.92 Å². The van der Waals surface area contributed by atoms with Crippen molar-refractivity contribution in [3.05, 3.63) is 33.3 Å². The van der Waals surface area contributed by atoms with Crippen LogP contribution in [0, 0.1) is 6.92 Å². The predicted octanol–water partition coefficient (Wildman–Crippen LogP) is 4.75. The van der Waals surface area contributed by atoms with Gasteiger partial charge in [0.1, 0.15) is 0 Å². The second-order valence-corrected chi connectivity index (χ2v) is 6.96. The normalized spacial score (nSPS) is 10.7. The lowest BCUT2D eigenvalue weighted by molar-refractivity contribution is 0.101. The van der Waals surface area contributed by atoms with Crippen molar-refractivity contribution in [2.45, 2.75) is 17.6 Å². The summed E-state index contributed by atoms with van der Waals surface area (Å²) in [5, 5.41) is 0. The summed E-state index contributed by atoms with van der Waals surface area (Å²) in [6, 6.07) is 3.86. The quantitative estimate of drug-likeness (QED) is 0.531. The van der Waals surface area contributed by atoms with Crippen LogP contribution in [0.4, 0.5) is 0 Å². The van der Waals surface area contributed by atoms with Crippen molar-refractivity contribution < 1.29 is 4.79 Å². The molecule has 0 saturated heterocycles. The van der Waals surface area contributed by atoms with Crippen LogP contribution < -0.4 is 0 Å². The summed E-state index contributed by atoms with van der Waals surface area (Å²) in [5.41, 5.74) is 2.79. The van der Waals surface area contributed by atoms with Crippen LogP contribution in [0.3, 0.4) is 0 Å². The second kappa shape index (κ2) is 4.90. The first-order chi connectivity index (χ1) is 6.43. The lowest BCUT2D eigenvalue weighted by Gasteiger charge is -2.10. The minimum absolute atomic E-state index is 0.0584. The number of alkyl halides is 2. The Labute approximate surface area is 109 Å². The number of benzene rings is 1. The molecular formula is C10H9Br3O. The molecule has 0 amide bonds. The van der Waals surface area contributed by atoms with Crippen LogP contribution in [0.1, 0.15) is 32.1 Å². The minimum Gasteiger partial charge on any atom is -0.295 e. The van der Waals surface area contributed by atoms with E-state index in [1.165, 1.54) is 0 Å². The third-order valence-electron chi connectivity index (χ3n) is 1.96. The van der Waals surface area contributed by atoms with E-state index in [0.29, 0.717) is 0 Å². The molecule has 0 radical (unpaired) electrons. The minimum atomic E-state index is 0.0584. The molecule has 0 aliphatic rings. The van der Waals surface area contributed by atoms with Gasteiger partial charge >= 0.3 is 0 Å². The van der Waals surface area contributed by atoms with Crippen LogP contribution in [-0.2, 0) is 0 Å². The molecule has 4 heteroatoms. The van der Waals surface area contributed by atoms with E-state index < -0.39 is 0 Å². The van der Waals surface area contributed by atoms with Crippen LogP contribution in [-0.4, -0.2) is 5.78 Å². The van der Waals surface area contributed by atoms with Gasteiger partial charge in [0, 0.05) is 10.0 Å². The summed E-state index contributed by atoms with van der Waals surface area (Å²) in [6.45, 7) is 3.51. The van der Waals surface area contributed by atoms with Crippen molar-refractivity contribution in [3.63, 3.8) is 0 Å². The molecule has 1 aromatic carbocycles. The lowest BCUT2D eigenvalue weighted by atomic mass is 10.0. The zero-order valence-electron chi connectivity index (χ0n) is 7.77. The molecule has 14 heavy (non-hydrogen) atoms. The van der Waals surface area contributed by atoms with Crippen LogP contribution in [0.25, 0.3) is 0 Å². The molecule has 76 valence electrons. The summed E-state index contributed by atoms with van der Waals surface area (Å²) in [5.74, 6) is 0.0944. The molecule has 0 saturated carbocycles. The second-order valence-electron chi connectivity index (χ2n) is 3.05. The number of aryl methyl sites for hydroxylation is 1. The van der Waals surface area contributed by atoms with E-state index in [4.69, 9.17) is 0 Å². The van der Waals surface area contributed by atoms with Crippen LogP contribution in [0.2, 0.25) is 0 Å². The van der Waals surface area contributed by atoms with Gasteiger partial charge in [0.05, 0.1) is 3.74 Å². The Morgan fingerprint density at radius 3 is 2.36 bits per heavy atom. The van der Waals surface area contributed by atoms with Gasteiger partial charge in [-0.3, -0.25) is 4.79 Å². The van der Waals surface area contributed by atoms with Crippen LogP contribution in [0.15, 0.2) is 16.6 Å². The first-order valence-electron chi connectivity index (χ1n) is 4.02. The lowest BCUT2D eigenvalue weighted by Crippen LogP contribution is -1.98. The maximum absolute atomic E-state index is 11.3. The SMILES string of the molecule is CC(=O)c1cc(C(Br)Br)c(Br)cc1C. The van der Waals surface area contributed by atoms with Crippen LogP contribution in [0.5, 0.6) is 0 Å². The van der Waals surface area contributed by atoms with Crippen molar-refractivity contribution in [1.29, 1.82) is 0 Å². The molecule has 0 aromatic heterocycles. The van der Waals surface area contributed by atoms with Gasteiger partial charge in [0.2, 0.25) is 0 Å². The standard InChI is InChI=1S/C10H9Br3O/c1-5-3-9(11)8(10(12)13)4-7(5)6(2)14/h3-4,10H,1-2H3. The zero-order valence-corrected chi connectivity index (χ0v) is 12.5. The van der Waals surface area contributed by atoms with Gasteiger partial charge in [-0.1, -0.05) is 47.8 Å². The highest BCUT2D eigenvalue weighted by Gasteiger charge is 2.12. The number of halogens is 3. The molecule has 0 N–H and O–H groups in total. The largest absolute Gasteiger partial charge is 0.295 e. The Kier molecular flexibility index (Phi) is 4.34. The van der Waals surface area contributed by atoms with Gasteiger partial charge in [-0.2, -0.15) is 0 Å². The smallest absolute Gasteiger partial charge is 0.160 e. The third kappa shape index (κ3) is 2.67. The monoisotopic (exact) mass is 382 g/mol. The average molecular weight is 385 g/mol. The Bertz CT molecular complexity index is 372. The van der Waals surface area contributed by atoms with Gasteiger partial charge in [0.15, 0.2) is 5.78 Å². The maximum Gasteiger partial charge on any atom is 0.160 e. The molecule has 0 atom stereocenters. The highest BCUT2D eigenvalue weighted by Crippen LogP contribution is 2.36. The van der Waals surface area contributed by atoms with Crippen molar-refractivity contribution >= 4 is 53.6 Å². The number of carbonyl (C=O) groups is 1. The van der Waals surface area contributed by atoms with Crippen molar-refractivity contribution in [2.24, 2.45) is 0 Å². The molecule has 0 unspecified atom stereocenters. The molecule has 0 heterocycles. The van der Waals surface area contributed by atoms with Gasteiger partial charge < -0.3 is 0 Å². The molecular weight excluding hydrogens is 376 g/mol. The summed E-state index contributed by atoms with van der Waals surface area (Å²) >= 11 is 10.3. The highest BCUT2D eigenvalue weighted by atomic mass is 79.9. The first-order valence-corrected chi connectivity index (χ1v) is 6.65. The van der Waals surface area contributed by atoms with Gasteiger partial charge in [-0.25, -0.2) is 0 Å². The van der Waals surface area contributed by atoms with Gasteiger partial charge in [-0.15, -0.1) is 0 Å². The topological polar surface area (TPSA) is 17.1 Å². The number of ketones is 1. The number of hydrogen-bond acceptors (Lipinski definition) is 1. The number of rotatable bonds is 2. The Hall–Kier alpha value is 0.330. The van der Waals surface area contributed by atoms with Crippen LogP contribution >= 0.6 is 47.8 Å². The molecule has 0 aliphatic carbocycles. The predicted molar refractivity (Wildman–Crippen MR) is 69.5 cm³/mol. The number of Topliss-reactive ketones (excluding diaryl/α,β-unsaturated/α-hetero) is 1. The summed E-state index contributed by atoms with van der Waals surface area (Å²) in [7, 11) is 0. The van der Waals surface area contributed by atoms with Crippen molar-refractivity contribution in [1.82, 2.24) is 0 Å². The van der Waals surface area contributed by atoms with E-state index in [2.05, 4.69) is 47.8 Å². The summed E-state index contributed by atoms with van der Waals surface area (Å²) in [4.78, 5) is 11.3. The first kappa shape index (κ1) is 12.4. The van der Waals surface area contributed by atoms with E-state index in [0.717, 1.165) is 21.2 Å². The molecule has 1 rings (SSSR count). The highest BCUT2D eigenvalue weighted by molar-refractivity contribution is 9.24. The van der Waals surface area contributed by atoms with E-state index in [1.807, 2.05) is 19.1 Å². The molecule has 0 fully saturated rings. The molecule has 0 aliphatic heterocycles. The fourth-order valence-electron chi connectivity index (χ4n) is 1.24. The van der Waals surface area contributed by atoms with E-state index in [9.17, 15) is 4.79 Å². The fourth-order valence-corrected chi connectivity index (χ4v) is 3.29. The Morgan fingerprint density at radius 1 is 1.36 bits per heavy atom. The van der Waals surface area contributed by atoms with Crippen molar-refractivity contribution in [2.75, 3.05) is 0 Å². The summed E-state index contributed by atoms with van der Waals surface area (Å²) < 4.78 is 1.06. The fraction of sp³-hybridized carbons (Fsp3) is 0.300. The molecule has 1 aromatic rings.